The highest BCUT2D eigenvalue weighted by atomic mass is 19.3. The van der Waals surface area contributed by atoms with Gasteiger partial charge < -0.3 is 10.1 Å². The lowest BCUT2D eigenvalue weighted by Crippen LogP contribution is -2.22. The van der Waals surface area contributed by atoms with Crippen LogP contribution in [0.5, 0.6) is 5.75 Å². The molecule has 1 unspecified atom stereocenters. The van der Waals surface area contributed by atoms with Crippen LogP contribution in [-0.2, 0) is 0 Å². The van der Waals surface area contributed by atoms with Crippen molar-refractivity contribution in [3.05, 3.63) is 59.9 Å². The number of benzene rings is 1. The Morgan fingerprint density at radius 1 is 1.20 bits per heavy atom. The van der Waals surface area contributed by atoms with Crippen molar-refractivity contribution < 1.29 is 13.5 Å². The monoisotopic (exact) mass is 278 g/mol. The molecule has 2 aromatic rings. The molecule has 2 rings (SSSR count). The van der Waals surface area contributed by atoms with E-state index < -0.39 is 6.61 Å². The fourth-order valence-electron chi connectivity index (χ4n) is 2.05. The van der Waals surface area contributed by atoms with E-state index in [-0.39, 0.29) is 11.8 Å². The first-order valence-corrected chi connectivity index (χ1v) is 6.38. The van der Waals surface area contributed by atoms with Crippen LogP contribution in [0.3, 0.4) is 0 Å². The van der Waals surface area contributed by atoms with E-state index in [4.69, 9.17) is 0 Å². The zero-order valence-corrected chi connectivity index (χ0v) is 11.1. The zero-order chi connectivity index (χ0) is 14.4. The Bertz CT molecular complexity index is 534. The molecule has 20 heavy (non-hydrogen) atoms. The summed E-state index contributed by atoms with van der Waals surface area (Å²) in [7, 11) is 0. The average molecular weight is 278 g/mol. The highest BCUT2D eigenvalue weighted by Gasteiger charge is 2.14. The van der Waals surface area contributed by atoms with E-state index in [0.717, 1.165) is 17.7 Å². The molecule has 0 aliphatic carbocycles. The van der Waals surface area contributed by atoms with Crippen LogP contribution in [0.2, 0.25) is 0 Å². The Balaban J connectivity index is 2.30. The SMILES string of the molecule is CCNC(c1cccnc1)c1cccc(OC(F)F)c1. The van der Waals surface area contributed by atoms with Gasteiger partial charge in [-0.2, -0.15) is 8.78 Å². The van der Waals surface area contributed by atoms with E-state index in [1.807, 2.05) is 25.1 Å². The third-order valence-corrected chi connectivity index (χ3v) is 2.84. The first-order chi connectivity index (χ1) is 9.70. The van der Waals surface area contributed by atoms with Crippen molar-refractivity contribution >= 4 is 0 Å². The molecule has 0 aliphatic heterocycles. The largest absolute Gasteiger partial charge is 0.435 e. The van der Waals surface area contributed by atoms with Crippen molar-refractivity contribution in [1.29, 1.82) is 0 Å². The van der Waals surface area contributed by atoms with Gasteiger partial charge in [0.05, 0.1) is 6.04 Å². The Morgan fingerprint density at radius 2 is 2.00 bits per heavy atom. The number of ether oxygens (including phenoxy) is 1. The molecule has 0 radical (unpaired) electrons. The van der Waals surface area contributed by atoms with E-state index in [2.05, 4.69) is 15.0 Å². The summed E-state index contributed by atoms with van der Waals surface area (Å²) in [6.07, 6.45) is 3.46. The fourth-order valence-corrected chi connectivity index (χ4v) is 2.05. The number of nitrogens with zero attached hydrogens (tertiary/aromatic N) is 1. The lowest BCUT2D eigenvalue weighted by atomic mass is 10.00. The topological polar surface area (TPSA) is 34.2 Å². The Kier molecular flexibility index (Phi) is 5.01. The molecule has 1 aromatic carbocycles. The molecule has 0 saturated heterocycles. The summed E-state index contributed by atoms with van der Waals surface area (Å²) in [6, 6.07) is 10.4. The molecule has 0 fully saturated rings. The summed E-state index contributed by atoms with van der Waals surface area (Å²) in [4.78, 5) is 4.09. The summed E-state index contributed by atoms with van der Waals surface area (Å²) < 4.78 is 29.0. The Hall–Kier alpha value is -2.01. The summed E-state index contributed by atoms with van der Waals surface area (Å²) in [5.41, 5.74) is 1.83. The van der Waals surface area contributed by atoms with Crippen molar-refractivity contribution in [2.75, 3.05) is 6.54 Å². The predicted molar refractivity (Wildman–Crippen MR) is 72.8 cm³/mol. The van der Waals surface area contributed by atoms with Gasteiger partial charge in [-0.1, -0.05) is 25.1 Å². The highest BCUT2D eigenvalue weighted by molar-refractivity contribution is 5.35. The quantitative estimate of drug-likeness (QED) is 0.879. The van der Waals surface area contributed by atoms with Gasteiger partial charge in [0.2, 0.25) is 0 Å². The Labute approximate surface area is 116 Å². The van der Waals surface area contributed by atoms with Gasteiger partial charge in [0, 0.05) is 12.4 Å². The van der Waals surface area contributed by atoms with Crippen LogP contribution in [0.4, 0.5) is 8.78 Å². The molecular formula is C15H16F2N2O. The summed E-state index contributed by atoms with van der Waals surface area (Å²) >= 11 is 0. The van der Waals surface area contributed by atoms with Gasteiger partial charge in [-0.25, -0.2) is 0 Å². The minimum Gasteiger partial charge on any atom is -0.435 e. The maximum atomic E-state index is 12.3. The first kappa shape index (κ1) is 14.4. The molecule has 1 heterocycles. The number of pyridine rings is 1. The maximum absolute atomic E-state index is 12.3. The summed E-state index contributed by atoms with van der Waals surface area (Å²) in [5, 5.41) is 3.31. The van der Waals surface area contributed by atoms with Crippen LogP contribution in [0.1, 0.15) is 24.1 Å². The van der Waals surface area contributed by atoms with Crippen molar-refractivity contribution in [3.8, 4) is 5.75 Å². The molecule has 0 amide bonds. The molecule has 0 bridgehead atoms. The molecule has 1 atom stereocenters. The maximum Gasteiger partial charge on any atom is 0.387 e. The molecule has 0 saturated carbocycles. The van der Waals surface area contributed by atoms with E-state index in [9.17, 15) is 8.78 Å². The standard InChI is InChI=1S/C15H16F2N2O/c1-2-19-14(12-6-4-8-18-10-12)11-5-3-7-13(9-11)20-15(16)17/h3-10,14-15,19H,2H2,1H3. The van der Waals surface area contributed by atoms with Gasteiger partial charge in [-0.3, -0.25) is 4.98 Å². The van der Waals surface area contributed by atoms with E-state index in [0.29, 0.717) is 0 Å². The van der Waals surface area contributed by atoms with Crippen LogP contribution in [-0.4, -0.2) is 18.1 Å². The molecule has 106 valence electrons. The normalized spacial score (nSPS) is 12.4. The number of aromatic nitrogens is 1. The van der Waals surface area contributed by atoms with Crippen LogP contribution < -0.4 is 10.1 Å². The fraction of sp³-hybridized carbons (Fsp3) is 0.267. The Morgan fingerprint density at radius 3 is 2.65 bits per heavy atom. The number of hydrogen-bond donors (Lipinski definition) is 1. The third-order valence-electron chi connectivity index (χ3n) is 2.84. The zero-order valence-electron chi connectivity index (χ0n) is 11.1. The van der Waals surface area contributed by atoms with Crippen molar-refractivity contribution in [2.45, 2.75) is 19.6 Å². The van der Waals surface area contributed by atoms with Gasteiger partial charge in [0.15, 0.2) is 0 Å². The van der Waals surface area contributed by atoms with E-state index >= 15 is 0 Å². The van der Waals surface area contributed by atoms with Crippen molar-refractivity contribution in [1.82, 2.24) is 10.3 Å². The smallest absolute Gasteiger partial charge is 0.387 e. The van der Waals surface area contributed by atoms with Gasteiger partial charge in [0.25, 0.3) is 0 Å². The van der Waals surface area contributed by atoms with Crippen LogP contribution in [0.15, 0.2) is 48.8 Å². The lowest BCUT2D eigenvalue weighted by molar-refractivity contribution is -0.0498. The van der Waals surface area contributed by atoms with E-state index in [1.54, 1.807) is 24.5 Å². The van der Waals surface area contributed by atoms with E-state index in [1.165, 1.54) is 6.07 Å². The van der Waals surface area contributed by atoms with Gasteiger partial charge in [-0.15, -0.1) is 0 Å². The lowest BCUT2D eigenvalue weighted by Gasteiger charge is -2.19. The molecule has 3 nitrogen and oxygen atoms in total. The number of alkyl halides is 2. The predicted octanol–water partition coefficient (Wildman–Crippen LogP) is 3.38. The highest BCUT2D eigenvalue weighted by Crippen LogP contribution is 2.25. The number of nitrogens with one attached hydrogen (secondary N) is 1. The van der Waals surface area contributed by atoms with Crippen molar-refractivity contribution in [3.63, 3.8) is 0 Å². The number of rotatable bonds is 6. The van der Waals surface area contributed by atoms with Gasteiger partial charge in [0.1, 0.15) is 5.75 Å². The molecule has 1 aromatic heterocycles. The third kappa shape index (κ3) is 3.74. The minimum absolute atomic E-state index is 0.102. The molecule has 0 spiro atoms. The van der Waals surface area contributed by atoms with Crippen LogP contribution >= 0.6 is 0 Å². The second-order valence-corrected chi connectivity index (χ2v) is 4.23. The first-order valence-electron chi connectivity index (χ1n) is 6.38. The minimum atomic E-state index is -2.82. The van der Waals surface area contributed by atoms with Gasteiger partial charge in [-0.05, 0) is 35.9 Å². The molecule has 0 aliphatic rings. The summed E-state index contributed by atoms with van der Waals surface area (Å²) in [5.74, 6) is 0.157. The van der Waals surface area contributed by atoms with Crippen LogP contribution in [0, 0.1) is 0 Å². The van der Waals surface area contributed by atoms with Crippen molar-refractivity contribution in [2.24, 2.45) is 0 Å². The molecule has 5 heteroatoms. The number of hydrogen-bond acceptors (Lipinski definition) is 3. The second kappa shape index (κ2) is 6.96. The van der Waals surface area contributed by atoms with Crippen LogP contribution in [0.25, 0.3) is 0 Å². The molecular weight excluding hydrogens is 262 g/mol. The summed E-state index contributed by atoms with van der Waals surface area (Å²) in [6.45, 7) is -0.0798. The van der Waals surface area contributed by atoms with Gasteiger partial charge >= 0.3 is 6.61 Å². The number of halogens is 2. The molecule has 1 N–H and O–H groups in total. The average Bonchev–Trinajstić information content (AvgIpc) is 2.45. The second-order valence-electron chi connectivity index (χ2n) is 4.23.